The predicted molar refractivity (Wildman–Crippen MR) is 67.3 cm³/mol. The van der Waals surface area contributed by atoms with Crippen LogP contribution in [-0.4, -0.2) is 18.6 Å². The van der Waals surface area contributed by atoms with Crippen molar-refractivity contribution in [1.82, 2.24) is 5.32 Å². The molecule has 0 atom stereocenters. The van der Waals surface area contributed by atoms with Crippen LogP contribution in [0.3, 0.4) is 0 Å². The summed E-state index contributed by atoms with van der Waals surface area (Å²) in [5.41, 5.74) is 3.38. The molecular formula is C14H19NO2. The lowest BCUT2D eigenvalue weighted by atomic mass is 10.1. The van der Waals surface area contributed by atoms with Crippen LogP contribution >= 0.6 is 0 Å². The predicted octanol–water partition coefficient (Wildman–Crippen LogP) is 2.27. The number of rotatable bonds is 4. The van der Waals surface area contributed by atoms with E-state index < -0.39 is 0 Å². The van der Waals surface area contributed by atoms with E-state index in [-0.39, 0.29) is 12.5 Å². The van der Waals surface area contributed by atoms with Crippen LogP contribution in [0.25, 0.3) is 0 Å². The number of carbonyl (C=O) groups is 1. The first kappa shape index (κ1) is 12.0. The van der Waals surface area contributed by atoms with Crippen molar-refractivity contribution >= 4 is 5.91 Å². The minimum Gasteiger partial charge on any atom is -0.483 e. The van der Waals surface area contributed by atoms with Crippen LogP contribution in [0.1, 0.15) is 29.5 Å². The van der Waals surface area contributed by atoms with Gasteiger partial charge in [0, 0.05) is 6.04 Å². The Morgan fingerprint density at radius 2 is 1.94 bits per heavy atom. The Morgan fingerprint density at radius 3 is 2.59 bits per heavy atom. The molecule has 3 nitrogen and oxygen atoms in total. The Bertz CT molecular complexity index is 436. The molecule has 0 aliphatic heterocycles. The van der Waals surface area contributed by atoms with E-state index >= 15 is 0 Å². The topological polar surface area (TPSA) is 38.3 Å². The molecule has 1 fully saturated rings. The summed E-state index contributed by atoms with van der Waals surface area (Å²) < 4.78 is 5.63. The van der Waals surface area contributed by atoms with Gasteiger partial charge >= 0.3 is 0 Å². The summed E-state index contributed by atoms with van der Waals surface area (Å²) in [5.74, 6) is 0.823. The van der Waals surface area contributed by atoms with Gasteiger partial charge in [0.2, 0.25) is 0 Å². The number of hydrogen-bond acceptors (Lipinski definition) is 2. The van der Waals surface area contributed by atoms with Crippen LogP contribution in [0, 0.1) is 20.8 Å². The largest absolute Gasteiger partial charge is 0.483 e. The molecule has 2 rings (SSSR count). The van der Waals surface area contributed by atoms with E-state index in [1.54, 1.807) is 0 Å². The summed E-state index contributed by atoms with van der Waals surface area (Å²) in [6.07, 6.45) is 2.21. The van der Waals surface area contributed by atoms with E-state index in [0.29, 0.717) is 6.04 Å². The molecule has 0 heterocycles. The molecule has 0 aromatic heterocycles. The van der Waals surface area contributed by atoms with Gasteiger partial charge in [0.1, 0.15) is 5.75 Å². The van der Waals surface area contributed by atoms with Crippen molar-refractivity contribution in [3.05, 3.63) is 28.8 Å². The SMILES string of the molecule is Cc1ccc(C)c(OCC(=O)NC2CC2)c1C. The van der Waals surface area contributed by atoms with Crippen molar-refractivity contribution < 1.29 is 9.53 Å². The summed E-state index contributed by atoms with van der Waals surface area (Å²) in [5, 5.41) is 2.91. The Balaban J connectivity index is 1.97. The number of benzene rings is 1. The van der Waals surface area contributed by atoms with Gasteiger partial charge in [-0.15, -0.1) is 0 Å². The maximum atomic E-state index is 11.5. The highest BCUT2D eigenvalue weighted by molar-refractivity contribution is 5.78. The van der Waals surface area contributed by atoms with Gasteiger partial charge in [-0.25, -0.2) is 0 Å². The van der Waals surface area contributed by atoms with E-state index in [9.17, 15) is 4.79 Å². The molecule has 0 radical (unpaired) electrons. The molecule has 1 aromatic carbocycles. The highest BCUT2D eigenvalue weighted by atomic mass is 16.5. The number of nitrogens with one attached hydrogen (secondary N) is 1. The lowest BCUT2D eigenvalue weighted by Gasteiger charge is -2.13. The highest BCUT2D eigenvalue weighted by Crippen LogP contribution is 2.25. The number of aryl methyl sites for hydroxylation is 2. The fourth-order valence-corrected chi connectivity index (χ4v) is 1.78. The van der Waals surface area contributed by atoms with Crippen molar-refractivity contribution in [1.29, 1.82) is 0 Å². The van der Waals surface area contributed by atoms with Crippen molar-refractivity contribution in [3.63, 3.8) is 0 Å². The van der Waals surface area contributed by atoms with Crippen LogP contribution in [0.5, 0.6) is 5.75 Å². The minimum atomic E-state index is -0.0205. The molecule has 0 bridgehead atoms. The quantitative estimate of drug-likeness (QED) is 0.866. The van der Waals surface area contributed by atoms with E-state index in [1.807, 2.05) is 26.8 Å². The number of amides is 1. The lowest BCUT2D eigenvalue weighted by Crippen LogP contribution is -2.30. The summed E-state index contributed by atoms with van der Waals surface area (Å²) in [6.45, 7) is 6.19. The molecule has 1 saturated carbocycles. The lowest BCUT2D eigenvalue weighted by molar-refractivity contribution is -0.123. The number of hydrogen-bond donors (Lipinski definition) is 1. The van der Waals surface area contributed by atoms with Gasteiger partial charge in [-0.3, -0.25) is 4.79 Å². The Morgan fingerprint density at radius 1 is 1.29 bits per heavy atom. The van der Waals surface area contributed by atoms with Gasteiger partial charge < -0.3 is 10.1 Å². The minimum absolute atomic E-state index is 0.0205. The normalized spacial score (nSPS) is 14.5. The van der Waals surface area contributed by atoms with Crippen molar-refractivity contribution in [3.8, 4) is 5.75 Å². The molecular weight excluding hydrogens is 214 g/mol. The molecule has 1 aliphatic rings. The monoisotopic (exact) mass is 233 g/mol. The van der Waals surface area contributed by atoms with Crippen LogP contribution in [-0.2, 0) is 4.79 Å². The zero-order chi connectivity index (χ0) is 12.4. The number of carbonyl (C=O) groups excluding carboxylic acids is 1. The third-order valence-corrected chi connectivity index (χ3v) is 3.16. The van der Waals surface area contributed by atoms with Gasteiger partial charge in [0.25, 0.3) is 5.91 Å². The molecule has 0 spiro atoms. The summed E-state index contributed by atoms with van der Waals surface area (Å²) in [6, 6.07) is 4.49. The van der Waals surface area contributed by atoms with Crippen LogP contribution in [0.4, 0.5) is 0 Å². The fourth-order valence-electron chi connectivity index (χ4n) is 1.78. The Hall–Kier alpha value is -1.51. The summed E-state index contributed by atoms with van der Waals surface area (Å²) >= 11 is 0. The third kappa shape index (κ3) is 2.99. The Labute approximate surface area is 102 Å². The number of ether oxygens (including phenoxy) is 1. The zero-order valence-electron chi connectivity index (χ0n) is 10.7. The molecule has 0 saturated heterocycles. The van der Waals surface area contributed by atoms with Gasteiger partial charge in [-0.1, -0.05) is 12.1 Å². The second-order valence-corrected chi connectivity index (χ2v) is 4.78. The molecule has 1 aromatic rings. The third-order valence-electron chi connectivity index (χ3n) is 3.16. The molecule has 92 valence electrons. The first-order valence-corrected chi connectivity index (χ1v) is 6.07. The average Bonchev–Trinajstić information content (AvgIpc) is 3.07. The van der Waals surface area contributed by atoms with Crippen LogP contribution in [0.2, 0.25) is 0 Å². The maximum Gasteiger partial charge on any atom is 0.258 e. The highest BCUT2D eigenvalue weighted by Gasteiger charge is 2.23. The van der Waals surface area contributed by atoms with Gasteiger partial charge in [0.05, 0.1) is 0 Å². The van der Waals surface area contributed by atoms with Gasteiger partial charge in [-0.05, 0) is 50.3 Å². The van der Waals surface area contributed by atoms with Crippen molar-refractivity contribution in [2.24, 2.45) is 0 Å². The summed E-state index contributed by atoms with van der Waals surface area (Å²) in [4.78, 5) is 11.5. The first-order valence-electron chi connectivity index (χ1n) is 6.07. The second-order valence-electron chi connectivity index (χ2n) is 4.78. The fraction of sp³-hybridized carbons (Fsp3) is 0.500. The van der Waals surface area contributed by atoms with Crippen molar-refractivity contribution in [2.75, 3.05) is 6.61 Å². The van der Waals surface area contributed by atoms with E-state index in [4.69, 9.17) is 4.74 Å². The van der Waals surface area contributed by atoms with E-state index in [1.165, 1.54) is 5.56 Å². The molecule has 1 amide bonds. The average molecular weight is 233 g/mol. The molecule has 1 N–H and O–H groups in total. The van der Waals surface area contributed by atoms with Gasteiger partial charge in [0.15, 0.2) is 6.61 Å². The van der Waals surface area contributed by atoms with E-state index in [0.717, 1.165) is 29.7 Å². The molecule has 3 heteroatoms. The zero-order valence-corrected chi connectivity index (χ0v) is 10.7. The second kappa shape index (κ2) is 4.78. The van der Waals surface area contributed by atoms with E-state index in [2.05, 4.69) is 11.4 Å². The van der Waals surface area contributed by atoms with Crippen LogP contribution in [0.15, 0.2) is 12.1 Å². The maximum absolute atomic E-state index is 11.5. The van der Waals surface area contributed by atoms with Crippen molar-refractivity contribution in [2.45, 2.75) is 39.7 Å². The van der Waals surface area contributed by atoms with Crippen LogP contribution < -0.4 is 10.1 Å². The summed E-state index contributed by atoms with van der Waals surface area (Å²) in [7, 11) is 0. The molecule has 0 unspecified atom stereocenters. The smallest absolute Gasteiger partial charge is 0.258 e. The standard InChI is InChI=1S/C14H19NO2/c1-9-4-5-10(2)14(11(9)3)17-8-13(16)15-12-6-7-12/h4-5,12H,6-8H2,1-3H3,(H,15,16). The first-order chi connectivity index (χ1) is 8.08. The molecule has 17 heavy (non-hydrogen) atoms. The van der Waals surface area contributed by atoms with Gasteiger partial charge in [-0.2, -0.15) is 0 Å². The molecule has 1 aliphatic carbocycles. The Kier molecular flexibility index (Phi) is 3.36.